The Labute approximate surface area is 148 Å². The SMILES string of the molecule is CCOC(=O)/C(C#N)=C/Nc1c(C(=O)c2ccco2)oc2ccccc12. The molecule has 0 spiro atoms. The average Bonchev–Trinajstić information content (AvgIpc) is 3.30. The molecule has 0 bridgehead atoms. The molecular weight excluding hydrogens is 336 g/mol. The van der Waals surface area contributed by atoms with Crippen molar-refractivity contribution in [2.45, 2.75) is 6.92 Å². The zero-order chi connectivity index (χ0) is 18.5. The molecular formula is C19H14N2O5. The van der Waals surface area contributed by atoms with Crippen LogP contribution in [-0.4, -0.2) is 18.4 Å². The van der Waals surface area contributed by atoms with Gasteiger partial charge in [0, 0.05) is 11.6 Å². The third-order valence-corrected chi connectivity index (χ3v) is 3.52. The molecule has 0 saturated carbocycles. The minimum absolute atomic E-state index is 0.0125. The average molecular weight is 350 g/mol. The molecule has 0 aliphatic carbocycles. The first-order chi connectivity index (χ1) is 12.7. The molecule has 0 radical (unpaired) electrons. The number of nitriles is 1. The summed E-state index contributed by atoms with van der Waals surface area (Å²) >= 11 is 0. The minimum atomic E-state index is -0.755. The van der Waals surface area contributed by atoms with Crippen LogP contribution in [0.25, 0.3) is 11.0 Å². The molecule has 130 valence electrons. The first-order valence-electron chi connectivity index (χ1n) is 7.79. The number of benzene rings is 1. The summed E-state index contributed by atoms with van der Waals surface area (Å²) in [5.74, 6) is -1.09. The summed E-state index contributed by atoms with van der Waals surface area (Å²) in [6.45, 7) is 1.79. The number of furan rings is 2. The molecule has 7 nitrogen and oxygen atoms in total. The van der Waals surface area contributed by atoms with Gasteiger partial charge in [-0.15, -0.1) is 0 Å². The van der Waals surface area contributed by atoms with E-state index in [1.807, 2.05) is 0 Å². The molecule has 7 heteroatoms. The van der Waals surface area contributed by atoms with Crippen LogP contribution in [0.4, 0.5) is 5.69 Å². The molecule has 2 aromatic heterocycles. The molecule has 0 unspecified atom stereocenters. The Morgan fingerprint density at radius 3 is 2.77 bits per heavy atom. The Hall–Kier alpha value is -3.79. The Morgan fingerprint density at radius 1 is 1.27 bits per heavy atom. The van der Waals surface area contributed by atoms with E-state index in [-0.39, 0.29) is 23.7 Å². The highest BCUT2D eigenvalue weighted by molar-refractivity contribution is 6.13. The van der Waals surface area contributed by atoms with E-state index >= 15 is 0 Å². The maximum Gasteiger partial charge on any atom is 0.350 e. The zero-order valence-electron chi connectivity index (χ0n) is 13.8. The Bertz CT molecular complexity index is 1020. The number of fused-ring (bicyclic) bond motifs is 1. The maximum atomic E-state index is 12.6. The van der Waals surface area contributed by atoms with Crippen LogP contribution in [0.3, 0.4) is 0 Å². The molecule has 2 heterocycles. The molecule has 0 saturated heterocycles. The van der Waals surface area contributed by atoms with Crippen LogP contribution >= 0.6 is 0 Å². The summed E-state index contributed by atoms with van der Waals surface area (Å²) in [6.07, 6.45) is 2.58. The van der Waals surface area contributed by atoms with Gasteiger partial charge in [0.25, 0.3) is 5.78 Å². The van der Waals surface area contributed by atoms with Crippen LogP contribution in [0.1, 0.15) is 23.2 Å². The molecule has 3 rings (SSSR count). The van der Waals surface area contributed by atoms with E-state index in [0.717, 1.165) is 0 Å². The van der Waals surface area contributed by atoms with E-state index in [9.17, 15) is 9.59 Å². The second-order valence-electron chi connectivity index (χ2n) is 5.14. The summed E-state index contributed by atoms with van der Waals surface area (Å²) in [6, 6.07) is 11.9. The van der Waals surface area contributed by atoms with Crippen molar-refractivity contribution in [1.29, 1.82) is 5.26 Å². The van der Waals surface area contributed by atoms with Crippen LogP contribution in [0.5, 0.6) is 0 Å². The van der Waals surface area contributed by atoms with Crippen LogP contribution in [0.2, 0.25) is 0 Å². The lowest BCUT2D eigenvalue weighted by atomic mass is 10.1. The Kier molecular flexibility index (Phi) is 4.85. The summed E-state index contributed by atoms with van der Waals surface area (Å²) in [7, 11) is 0. The lowest BCUT2D eigenvalue weighted by molar-refractivity contribution is -0.138. The topological polar surface area (TPSA) is 105 Å². The van der Waals surface area contributed by atoms with Crippen molar-refractivity contribution in [3.63, 3.8) is 0 Å². The number of carbonyl (C=O) groups excluding carboxylic acids is 2. The molecule has 3 aromatic rings. The molecule has 0 atom stereocenters. The van der Waals surface area contributed by atoms with Gasteiger partial charge >= 0.3 is 5.97 Å². The summed E-state index contributed by atoms with van der Waals surface area (Å²) in [5, 5.41) is 12.6. The van der Waals surface area contributed by atoms with Gasteiger partial charge in [0.1, 0.15) is 11.7 Å². The molecule has 1 N–H and O–H groups in total. The second-order valence-corrected chi connectivity index (χ2v) is 5.14. The monoisotopic (exact) mass is 350 g/mol. The molecule has 0 fully saturated rings. The fourth-order valence-corrected chi connectivity index (χ4v) is 2.36. The standard InChI is InChI=1S/C19H14N2O5/c1-2-24-19(23)12(10-20)11-21-16-13-6-3-4-7-14(13)26-18(16)17(22)15-8-5-9-25-15/h3-9,11,21H,2H2,1H3/b12-11+. The van der Waals surface area contributed by atoms with Gasteiger partial charge < -0.3 is 18.9 Å². The van der Waals surface area contributed by atoms with E-state index in [4.69, 9.17) is 18.8 Å². The minimum Gasteiger partial charge on any atom is -0.462 e. The van der Waals surface area contributed by atoms with Gasteiger partial charge in [-0.1, -0.05) is 12.1 Å². The van der Waals surface area contributed by atoms with Gasteiger partial charge in [0.2, 0.25) is 5.76 Å². The number of anilines is 1. The number of nitrogens with one attached hydrogen (secondary N) is 1. The van der Waals surface area contributed by atoms with Crippen molar-refractivity contribution in [3.05, 3.63) is 66.0 Å². The first-order valence-corrected chi connectivity index (χ1v) is 7.79. The van der Waals surface area contributed by atoms with E-state index in [1.54, 1.807) is 43.3 Å². The van der Waals surface area contributed by atoms with E-state index < -0.39 is 11.8 Å². The number of hydrogen-bond donors (Lipinski definition) is 1. The lowest BCUT2D eigenvalue weighted by Gasteiger charge is -2.03. The normalized spacial score (nSPS) is 11.2. The first kappa shape index (κ1) is 17.0. The van der Waals surface area contributed by atoms with Crippen molar-refractivity contribution in [3.8, 4) is 6.07 Å². The number of hydrogen-bond acceptors (Lipinski definition) is 7. The number of carbonyl (C=O) groups is 2. The summed E-state index contributed by atoms with van der Waals surface area (Å²) in [4.78, 5) is 24.4. The number of nitrogens with zero attached hydrogens (tertiary/aromatic N) is 1. The Balaban J connectivity index is 2.04. The lowest BCUT2D eigenvalue weighted by Crippen LogP contribution is -2.08. The van der Waals surface area contributed by atoms with Gasteiger partial charge in [-0.25, -0.2) is 4.79 Å². The smallest absolute Gasteiger partial charge is 0.350 e. The zero-order valence-corrected chi connectivity index (χ0v) is 13.8. The van der Waals surface area contributed by atoms with Crippen molar-refractivity contribution in [1.82, 2.24) is 0 Å². The van der Waals surface area contributed by atoms with E-state index in [2.05, 4.69) is 5.32 Å². The number of rotatable bonds is 6. The fourth-order valence-electron chi connectivity index (χ4n) is 2.36. The third kappa shape index (κ3) is 3.21. The predicted octanol–water partition coefficient (Wildman–Crippen LogP) is 3.64. The van der Waals surface area contributed by atoms with E-state index in [1.165, 1.54) is 18.5 Å². The van der Waals surface area contributed by atoms with Gasteiger partial charge in [0.15, 0.2) is 11.3 Å². The number of esters is 1. The number of para-hydroxylation sites is 1. The maximum absolute atomic E-state index is 12.6. The molecule has 1 aromatic carbocycles. The van der Waals surface area contributed by atoms with Crippen molar-refractivity contribution in [2.24, 2.45) is 0 Å². The highest BCUT2D eigenvalue weighted by Gasteiger charge is 2.23. The van der Waals surface area contributed by atoms with Gasteiger partial charge in [-0.2, -0.15) is 5.26 Å². The van der Waals surface area contributed by atoms with Crippen molar-refractivity contribution in [2.75, 3.05) is 11.9 Å². The highest BCUT2D eigenvalue weighted by Crippen LogP contribution is 2.32. The molecule has 0 aliphatic rings. The van der Waals surface area contributed by atoms with Crippen LogP contribution in [-0.2, 0) is 9.53 Å². The fraction of sp³-hybridized carbons (Fsp3) is 0.105. The van der Waals surface area contributed by atoms with Crippen LogP contribution < -0.4 is 5.32 Å². The second kappa shape index (κ2) is 7.40. The quantitative estimate of drug-likeness (QED) is 0.313. The summed E-state index contributed by atoms with van der Waals surface area (Å²) < 4.78 is 15.6. The number of ether oxygens (including phenoxy) is 1. The molecule has 26 heavy (non-hydrogen) atoms. The van der Waals surface area contributed by atoms with Crippen molar-refractivity contribution >= 4 is 28.4 Å². The van der Waals surface area contributed by atoms with Crippen LogP contribution in [0.15, 0.2) is 63.3 Å². The van der Waals surface area contributed by atoms with Gasteiger partial charge in [-0.3, -0.25) is 4.79 Å². The largest absolute Gasteiger partial charge is 0.462 e. The van der Waals surface area contributed by atoms with Gasteiger partial charge in [-0.05, 0) is 31.2 Å². The predicted molar refractivity (Wildman–Crippen MR) is 92.3 cm³/mol. The highest BCUT2D eigenvalue weighted by atomic mass is 16.5. The number of ketones is 1. The van der Waals surface area contributed by atoms with Crippen LogP contribution in [0, 0.1) is 11.3 Å². The van der Waals surface area contributed by atoms with E-state index in [0.29, 0.717) is 16.7 Å². The molecule has 0 aliphatic heterocycles. The van der Waals surface area contributed by atoms with Gasteiger partial charge in [0.05, 0.1) is 18.6 Å². The Morgan fingerprint density at radius 2 is 2.08 bits per heavy atom. The molecule has 0 amide bonds. The third-order valence-electron chi connectivity index (χ3n) is 3.52. The summed E-state index contributed by atoms with van der Waals surface area (Å²) in [5.41, 5.74) is 0.584. The van der Waals surface area contributed by atoms with Crippen molar-refractivity contribution < 1.29 is 23.2 Å².